The average molecular weight is 276 g/mol. The minimum Gasteiger partial charge on any atom is -0.379 e. The number of anilines is 1. The first-order chi connectivity index (χ1) is 9.20. The van der Waals surface area contributed by atoms with Crippen molar-refractivity contribution >= 4 is 23.2 Å². The lowest BCUT2D eigenvalue weighted by molar-refractivity contribution is 0.0963. The highest BCUT2D eigenvalue weighted by atomic mass is 35.5. The predicted octanol–water partition coefficient (Wildman–Crippen LogP) is 2.71. The third kappa shape index (κ3) is 3.45. The van der Waals surface area contributed by atoms with Crippen LogP contribution in [-0.4, -0.2) is 17.9 Å². The summed E-state index contributed by atoms with van der Waals surface area (Å²) in [6.45, 7) is 0.624. The molecule has 0 aliphatic rings. The van der Waals surface area contributed by atoms with Crippen molar-refractivity contribution in [3.05, 3.63) is 58.9 Å². The summed E-state index contributed by atoms with van der Waals surface area (Å²) < 4.78 is 0. The fourth-order valence-corrected chi connectivity index (χ4v) is 1.80. The minimum atomic E-state index is -0.0881. The number of halogens is 1. The van der Waals surface area contributed by atoms with Crippen molar-refractivity contribution in [2.45, 2.75) is 6.54 Å². The third-order valence-corrected chi connectivity index (χ3v) is 3.02. The SMILES string of the molecule is CNC(=O)c1ccc(CNc2cnccc2Cl)cc1. The monoisotopic (exact) mass is 275 g/mol. The van der Waals surface area contributed by atoms with Gasteiger partial charge in [-0.15, -0.1) is 0 Å². The van der Waals surface area contributed by atoms with Gasteiger partial charge >= 0.3 is 0 Å². The van der Waals surface area contributed by atoms with Crippen LogP contribution >= 0.6 is 11.6 Å². The smallest absolute Gasteiger partial charge is 0.251 e. The van der Waals surface area contributed by atoms with Gasteiger partial charge in [-0.2, -0.15) is 0 Å². The van der Waals surface area contributed by atoms with E-state index in [1.807, 2.05) is 12.1 Å². The molecule has 4 nitrogen and oxygen atoms in total. The molecule has 0 saturated heterocycles. The molecule has 0 saturated carbocycles. The quantitative estimate of drug-likeness (QED) is 0.902. The van der Waals surface area contributed by atoms with E-state index in [4.69, 9.17) is 11.6 Å². The van der Waals surface area contributed by atoms with Gasteiger partial charge in [0.2, 0.25) is 0 Å². The summed E-state index contributed by atoms with van der Waals surface area (Å²) in [5.74, 6) is -0.0881. The third-order valence-electron chi connectivity index (χ3n) is 2.69. The summed E-state index contributed by atoms with van der Waals surface area (Å²) in [6.07, 6.45) is 3.33. The Labute approximate surface area is 116 Å². The molecule has 19 heavy (non-hydrogen) atoms. The summed E-state index contributed by atoms with van der Waals surface area (Å²) in [7, 11) is 1.61. The number of benzene rings is 1. The van der Waals surface area contributed by atoms with E-state index in [9.17, 15) is 4.79 Å². The van der Waals surface area contributed by atoms with Crippen molar-refractivity contribution in [3.63, 3.8) is 0 Å². The molecular weight excluding hydrogens is 262 g/mol. The van der Waals surface area contributed by atoms with Crippen molar-refractivity contribution in [1.82, 2.24) is 10.3 Å². The van der Waals surface area contributed by atoms with E-state index in [2.05, 4.69) is 15.6 Å². The number of aromatic nitrogens is 1. The van der Waals surface area contributed by atoms with E-state index in [0.29, 0.717) is 17.1 Å². The van der Waals surface area contributed by atoms with E-state index >= 15 is 0 Å². The first kappa shape index (κ1) is 13.4. The average Bonchev–Trinajstić information content (AvgIpc) is 2.46. The number of carbonyl (C=O) groups is 1. The Morgan fingerprint density at radius 1 is 1.26 bits per heavy atom. The number of hydrogen-bond acceptors (Lipinski definition) is 3. The maximum absolute atomic E-state index is 11.4. The van der Waals surface area contributed by atoms with E-state index in [-0.39, 0.29) is 5.91 Å². The molecule has 5 heteroatoms. The molecule has 0 aliphatic heterocycles. The Morgan fingerprint density at radius 3 is 2.63 bits per heavy atom. The van der Waals surface area contributed by atoms with Gasteiger partial charge in [0.15, 0.2) is 0 Å². The van der Waals surface area contributed by atoms with Crippen LogP contribution in [-0.2, 0) is 6.54 Å². The van der Waals surface area contributed by atoms with Crippen LogP contribution < -0.4 is 10.6 Å². The van der Waals surface area contributed by atoms with Gasteiger partial charge in [0, 0.05) is 25.4 Å². The number of nitrogens with one attached hydrogen (secondary N) is 2. The minimum absolute atomic E-state index is 0.0881. The number of carbonyl (C=O) groups excluding carboxylic acids is 1. The first-order valence-corrected chi connectivity index (χ1v) is 6.23. The van der Waals surface area contributed by atoms with Crippen molar-refractivity contribution in [2.75, 3.05) is 12.4 Å². The molecule has 0 unspecified atom stereocenters. The zero-order chi connectivity index (χ0) is 13.7. The van der Waals surface area contributed by atoms with Crippen molar-refractivity contribution in [3.8, 4) is 0 Å². The van der Waals surface area contributed by atoms with E-state index in [1.165, 1.54) is 0 Å². The lowest BCUT2D eigenvalue weighted by Gasteiger charge is -2.08. The van der Waals surface area contributed by atoms with Crippen LogP contribution in [0.3, 0.4) is 0 Å². The Bertz CT molecular complexity index is 569. The van der Waals surface area contributed by atoms with Gasteiger partial charge in [0.25, 0.3) is 5.91 Å². The van der Waals surface area contributed by atoms with E-state index in [0.717, 1.165) is 11.3 Å². The van der Waals surface area contributed by atoms with E-state index < -0.39 is 0 Å². The molecule has 0 aliphatic carbocycles. The van der Waals surface area contributed by atoms with Gasteiger partial charge in [-0.25, -0.2) is 0 Å². The molecule has 0 radical (unpaired) electrons. The molecule has 1 heterocycles. The summed E-state index contributed by atoms with van der Waals surface area (Å²) in [5, 5.41) is 6.42. The maximum Gasteiger partial charge on any atom is 0.251 e. The van der Waals surface area contributed by atoms with Gasteiger partial charge in [-0.3, -0.25) is 9.78 Å². The Morgan fingerprint density at radius 2 is 2.00 bits per heavy atom. The molecule has 0 fully saturated rings. The largest absolute Gasteiger partial charge is 0.379 e. The second-order valence-corrected chi connectivity index (χ2v) is 4.39. The van der Waals surface area contributed by atoms with Crippen LogP contribution in [0.1, 0.15) is 15.9 Å². The molecule has 0 spiro atoms. The van der Waals surface area contributed by atoms with Crippen LogP contribution in [0.2, 0.25) is 5.02 Å². The summed E-state index contributed by atoms with van der Waals surface area (Å²) >= 11 is 6.02. The van der Waals surface area contributed by atoms with Crippen LogP contribution in [0, 0.1) is 0 Å². The van der Waals surface area contributed by atoms with Gasteiger partial charge < -0.3 is 10.6 Å². The summed E-state index contributed by atoms with van der Waals surface area (Å²) in [6, 6.07) is 9.13. The summed E-state index contributed by atoms with van der Waals surface area (Å²) in [5.41, 5.74) is 2.50. The van der Waals surface area contributed by atoms with Gasteiger partial charge in [0.05, 0.1) is 16.9 Å². The van der Waals surface area contributed by atoms with Crippen LogP contribution in [0.25, 0.3) is 0 Å². The Kier molecular flexibility index (Phi) is 4.36. The van der Waals surface area contributed by atoms with Crippen molar-refractivity contribution in [2.24, 2.45) is 0 Å². The second-order valence-electron chi connectivity index (χ2n) is 3.99. The second kappa shape index (κ2) is 6.20. The van der Waals surface area contributed by atoms with Gasteiger partial charge in [-0.1, -0.05) is 23.7 Å². The summed E-state index contributed by atoms with van der Waals surface area (Å²) in [4.78, 5) is 15.4. The number of nitrogens with zero attached hydrogens (tertiary/aromatic N) is 1. The zero-order valence-electron chi connectivity index (χ0n) is 10.5. The molecule has 1 amide bonds. The molecule has 1 aromatic heterocycles. The molecule has 2 rings (SSSR count). The fraction of sp³-hybridized carbons (Fsp3) is 0.143. The Balaban J connectivity index is 2.01. The van der Waals surface area contributed by atoms with Crippen LogP contribution in [0.5, 0.6) is 0 Å². The highest BCUT2D eigenvalue weighted by Gasteiger charge is 2.03. The normalized spacial score (nSPS) is 10.0. The molecule has 2 aromatic rings. The van der Waals surface area contributed by atoms with Crippen molar-refractivity contribution < 1.29 is 4.79 Å². The fourth-order valence-electron chi connectivity index (χ4n) is 1.62. The predicted molar refractivity (Wildman–Crippen MR) is 76.4 cm³/mol. The van der Waals surface area contributed by atoms with Crippen LogP contribution in [0.4, 0.5) is 5.69 Å². The highest BCUT2D eigenvalue weighted by Crippen LogP contribution is 2.19. The lowest BCUT2D eigenvalue weighted by Crippen LogP contribution is -2.17. The molecule has 1 aromatic carbocycles. The van der Waals surface area contributed by atoms with E-state index in [1.54, 1.807) is 37.6 Å². The highest BCUT2D eigenvalue weighted by molar-refractivity contribution is 6.33. The standard InChI is InChI=1S/C14H14ClN3O/c1-16-14(19)11-4-2-10(3-5-11)8-18-13-9-17-7-6-12(13)15/h2-7,9,18H,8H2,1H3,(H,16,19). The zero-order valence-corrected chi connectivity index (χ0v) is 11.2. The lowest BCUT2D eigenvalue weighted by atomic mass is 10.1. The number of hydrogen-bond donors (Lipinski definition) is 2. The van der Waals surface area contributed by atoms with Crippen molar-refractivity contribution in [1.29, 1.82) is 0 Å². The molecule has 2 N–H and O–H groups in total. The van der Waals surface area contributed by atoms with Crippen LogP contribution in [0.15, 0.2) is 42.7 Å². The first-order valence-electron chi connectivity index (χ1n) is 5.85. The maximum atomic E-state index is 11.4. The number of pyridine rings is 1. The van der Waals surface area contributed by atoms with Gasteiger partial charge in [-0.05, 0) is 23.8 Å². The number of rotatable bonds is 4. The van der Waals surface area contributed by atoms with Gasteiger partial charge in [0.1, 0.15) is 0 Å². The molecule has 0 atom stereocenters. The topological polar surface area (TPSA) is 54.0 Å². The molecular formula is C14H14ClN3O. The number of amides is 1. The Hall–Kier alpha value is -2.07. The molecule has 98 valence electrons. The molecule has 0 bridgehead atoms.